The zero-order valence-electron chi connectivity index (χ0n) is 12.5. The Balaban J connectivity index is 1.86. The van der Waals surface area contributed by atoms with E-state index in [4.69, 9.17) is 0 Å². The number of phenols is 1. The highest BCUT2D eigenvalue weighted by molar-refractivity contribution is 5.32. The van der Waals surface area contributed by atoms with Crippen LogP contribution >= 0.6 is 0 Å². The molecule has 3 rings (SSSR count). The standard InChI is InChI=1S/C21H20O/c22-21-13-11-19(12-14-21)20(15-17-7-3-1-4-8-17)16-18-9-5-2-6-10-18/h1-14,20,22H,15-16H2. The molecule has 1 heteroatoms. The Morgan fingerprint density at radius 3 is 1.50 bits per heavy atom. The first kappa shape index (κ1) is 14.4. The van der Waals surface area contributed by atoms with Crippen molar-refractivity contribution in [1.29, 1.82) is 0 Å². The molecule has 0 atom stereocenters. The van der Waals surface area contributed by atoms with E-state index >= 15 is 0 Å². The van der Waals surface area contributed by atoms with Crippen molar-refractivity contribution in [2.75, 3.05) is 0 Å². The molecule has 1 N–H and O–H groups in total. The number of hydrogen-bond donors (Lipinski definition) is 1. The van der Waals surface area contributed by atoms with Gasteiger partial charge in [-0.05, 0) is 47.6 Å². The number of rotatable bonds is 5. The van der Waals surface area contributed by atoms with Gasteiger partial charge in [0.25, 0.3) is 0 Å². The van der Waals surface area contributed by atoms with Crippen LogP contribution in [0.25, 0.3) is 0 Å². The van der Waals surface area contributed by atoms with E-state index in [2.05, 4.69) is 60.7 Å². The Labute approximate surface area is 131 Å². The lowest BCUT2D eigenvalue weighted by Crippen LogP contribution is -2.06. The molecule has 0 aliphatic carbocycles. The van der Waals surface area contributed by atoms with Crippen LogP contribution in [0, 0.1) is 0 Å². The molecule has 3 aromatic rings. The Hall–Kier alpha value is -2.54. The van der Waals surface area contributed by atoms with Gasteiger partial charge in [-0.1, -0.05) is 72.8 Å². The smallest absolute Gasteiger partial charge is 0.115 e. The quantitative estimate of drug-likeness (QED) is 0.703. The van der Waals surface area contributed by atoms with Gasteiger partial charge in [-0.3, -0.25) is 0 Å². The summed E-state index contributed by atoms with van der Waals surface area (Å²) in [4.78, 5) is 0. The van der Waals surface area contributed by atoms with Gasteiger partial charge in [-0.25, -0.2) is 0 Å². The molecule has 0 aliphatic heterocycles. The molecule has 0 aromatic heterocycles. The summed E-state index contributed by atoms with van der Waals surface area (Å²) in [6.45, 7) is 0. The number of aromatic hydroxyl groups is 1. The predicted octanol–water partition coefficient (Wildman–Crippen LogP) is 4.96. The summed E-state index contributed by atoms with van der Waals surface area (Å²) in [5.74, 6) is 0.729. The van der Waals surface area contributed by atoms with E-state index < -0.39 is 0 Å². The summed E-state index contributed by atoms with van der Waals surface area (Å²) in [6, 6.07) is 28.8. The molecule has 0 fully saturated rings. The fourth-order valence-electron chi connectivity index (χ4n) is 2.85. The van der Waals surface area contributed by atoms with Crippen molar-refractivity contribution < 1.29 is 5.11 Å². The van der Waals surface area contributed by atoms with Crippen LogP contribution in [0.15, 0.2) is 84.9 Å². The van der Waals surface area contributed by atoms with Crippen molar-refractivity contribution >= 4 is 0 Å². The molecule has 0 radical (unpaired) electrons. The molecule has 0 bridgehead atoms. The monoisotopic (exact) mass is 288 g/mol. The predicted molar refractivity (Wildman–Crippen MR) is 91.1 cm³/mol. The number of benzene rings is 3. The molecule has 0 heterocycles. The van der Waals surface area contributed by atoms with Crippen LogP contribution < -0.4 is 0 Å². The van der Waals surface area contributed by atoms with Gasteiger partial charge in [0.1, 0.15) is 5.75 Å². The molecule has 22 heavy (non-hydrogen) atoms. The lowest BCUT2D eigenvalue weighted by atomic mass is 9.87. The first-order chi connectivity index (χ1) is 10.8. The van der Waals surface area contributed by atoms with Crippen LogP contribution in [0.5, 0.6) is 5.75 Å². The molecule has 0 aliphatic rings. The highest BCUT2D eigenvalue weighted by atomic mass is 16.3. The Bertz CT molecular complexity index is 645. The second kappa shape index (κ2) is 6.95. The van der Waals surface area contributed by atoms with Crippen LogP contribution in [-0.4, -0.2) is 5.11 Å². The highest BCUT2D eigenvalue weighted by Crippen LogP contribution is 2.26. The third kappa shape index (κ3) is 3.76. The van der Waals surface area contributed by atoms with E-state index in [1.54, 1.807) is 12.1 Å². The number of hydrogen-bond acceptors (Lipinski definition) is 1. The third-order valence-corrected chi connectivity index (χ3v) is 4.01. The molecular formula is C21H20O. The fourth-order valence-corrected chi connectivity index (χ4v) is 2.85. The zero-order chi connectivity index (χ0) is 15.2. The van der Waals surface area contributed by atoms with Crippen molar-refractivity contribution in [2.45, 2.75) is 18.8 Å². The zero-order valence-corrected chi connectivity index (χ0v) is 12.5. The van der Waals surface area contributed by atoms with Gasteiger partial charge < -0.3 is 5.11 Å². The van der Waals surface area contributed by atoms with E-state index in [1.165, 1.54) is 16.7 Å². The van der Waals surface area contributed by atoms with Crippen molar-refractivity contribution in [2.24, 2.45) is 0 Å². The van der Waals surface area contributed by atoms with Gasteiger partial charge in [0.05, 0.1) is 0 Å². The summed E-state index contributed by atoms with van der Waals surface area (Å²) in [6.07, 6.45) is 2.00. The van der Waals surface area contributed by atoms with Crippen molar-refractivity contribution in [3.8, 4) is 5.75 Å². The molecule has 110 valence electrons. The average Bonchev–Trinajstić information content (AvgIpc) is 2.57. The van der Waals surface area contributed by atoms with Gasteiger partial charge >= 0.3 is 0 Å². The first-order valence-electron chi connectivity index (χ1n) is 7.68. The minimum atomic E-state index is 0.321. The largest absolute Gasteiger partial charge is 0.508 e. The van der Waals surface area contributed by atoms with Crippen molar-refractivity contribution in [3.05, 3.63) is 102 Å². The Kier molecular flexibility index (Phi) is 4.55. The van der Waals surface area contributed by atoms with E-state index in [-0.39, 0.29) is 0 Å². The summed E-state index contributed by atoms with van der Waals surface area (Å²) >= 11 is 0. The van der Waals surface area contributed by atoms with E-state index in [1.807, 2.05) is 12.1 Å². The molecule has 3 aromatic carbocycles. The first-order valence-corrected chi connectivity index (χ1v) is 7.68. The lowest BCUT2D eigenvalue weighted by molar-refractivity contribution is 0.474. The number of phenolic OH excluding ortho intramolecular Hbond substituents is 1. The third-order valence-electron chi connectivity index (χ3n) is 4.01. The molecule has 0 amide bonds. The molecule has 1 nitrogen and oxygen atoms in total. The van der Waals surface area contributed by atoms with Crippen LogP contribution in [-0.2, 0) is 12.8 Å². The fraction of sp³-hybridized carbons (Fsp3) is 0.143. The van der Waals surface area contributed by atoms with Crippen molar-refractivity contribution in [3.63, 3.8) is 0 Å². The minimum Gasteiger partial charge on any atom is -0.508 e. The maximum absolute atomic E-state index is 9.52. The molecule has 0 spiro atoms. The van der Waals surface area contributed by atoms with Gasteiger partial charge in [-0.15, -0.1) is 0 Å². The van der Waals surface area contributed by atoms with E-state index in [0.29, 0.717) is 11.7 Å². The molecular weight excluding hydrogens is 268 g/mol. The normalized spacial score (nSPS) is 10.8. The van der Waals surface area contributed by atoms with Crippen LogP contribution in [0.4, 0.5) is 0 Å². The Morgan fingerprint density at radius 1 is 0.591 bits per heavy atom. The molecule has 0 unspecified atom stereocenters. The maximum Gasteiger partial charge on any atom is 0.115 e. The Morgan fingerprint density at radius 2 is 1.05 bits per heavy atom. The van der Waals surface area contributed by atoms with Crippen molar-refractivity contribution in [1.82, 2.24) is 0 Å². The maximum atomic E-state index is 9.52. The van der Waals surface area contributed by atoms with Crippen LogP contribution in [0.3, 0.4) is 0 Å². The highest BCUT2D eigenvalue weighted by Gasteiger charge is 2.13. The topological polar surface area (TPSA) is 20.2 Å². The van der Waals surface area contributed by atoms with E-state index in [9.17, 15) is 5.11 Å². The van der Waals surface area contributed by atoms with Crippen LogP contribution in [0.2, 0.25) is 0 Å². The van der Waals surface area contributed by atoms with Crippen LogP contribution in [0.1, 0.15) is 22.6 Å². The average molecular weight is 288 g/mol. The lowest BCUT2D eigenvalue weighted by Gasteiger charge is -2.18. The summed E-state index contributed by atoms with van der Waals surface area (Å²) in [7, 11) is 0. The van der Waals surface area contributed by atoms with Gasteiger partial charge in [0.15, 0.2) is 0 Å². The van der Waals surface area contributed by atoms with Gasteiger partial charge in [0.2, 0.25) is 0 Å². The molecule has 0 saturated carbocycles. The van der Waals surface area contributed by atoms with Gasteiger partial charge in [0, 0.05) is 0 Å². The van der Waals surface area contributed by atoms with Gasteiger partial charge in [-0.2, -0.15) is 0 Å². The van der Waals surface area contributed by atoms with E-state index in [0.717, 1.165) is 12.8 Å². The summed E-state index contributed by atoms with van der Waals surface area (Å²) in [5.41, 5.74) is 3.96. The second-order valence-electron chi connectivity index (χ2n) is 5.67. The summed E-state index contributed by atoms with van der Waals surface area (Å²) in [5, 5.41) is 9.52. The minimum absolute atomic E-state index is 0.321. The molecule has 0 saturated heterocycles. The second-order valence-corrected chi connectivity index (χ2v) is 5.67. The summed E-state index contributed by atoms with van der Waals surface area (Å²) < 4.78 is 0. The SMILES string of the molecule is Oc1ccc(C(Cc2ccccc2)Cc2ccccc2)cc1.